The van der Waals surface area contributed by atoms with E-state index in [2.05, 4.69) is 42.6 Å². The summed E-state index contributed by atoms with van der Waals surface area (Å²) in [5.74, 6) is 0.895. The SMILES string of the molecule is Cc1ccc(C23C[C@@H]4C[C@@H](CC(C(=O)OCC(=O)NCCC5=CCCCC5)(C4)C2)C3)cc1. The van der Waals surface area contributed by atoms with Crippen LogP contribution in [0.1, 0.15) is 81.8 Å². The predicted molar refractivity (Wildman–Crippen MR) is 125 cm³/mol. The Hall–Kier alpha value is -2.10. The molecule has 32 heavy (non-hydrogen) atoms. The van der Waals surface area contributed by atoms with Crippen molar-refractivity contribution < 1.29 is 14.3 Å². The summed E-state index contributed by atoms with van der Waals surface area (Å²) in [5.41, 5.74) is 3.82. The van der Waals surface area contributed by atoms with E-state index in [1.54, 1.807) is 0 Å². The van der Waals surface area contributed by atoms with Crippen LogP contribution >= 0.6 is 0 Å². The minimum absolute atomic E-state index is 0.104. The summed E-state index contributed by atoms with van der Waals surface area (Å²) in [4.78, 5) is 25.7. The van der Waals surface area contributed by atoms with Crippen molar-refractivity contribution in [2.24, 2.45) is 17.3 Å². The van der Waals surface area contributed by atoms with E-state index < -0.39 is 5.41 Å². The molecular weight excluding hydrogens is 398 g/mol. The van der Waals surface area contributed by atoms with Gasteiger partial charge in [0.25, 0.3) is 5.91 Å². The molecule has 1 aromatic carbocycles. The summed E-state index contributed by atoms with van der Waals surface area (Å²) in [7, 11) is 0. The normalized spacial score (nSPS) is 33.0. The quantitative estimate of drug-likeness (QED) is 0.462. The van der Waals surface area contributed by atoms with Crippen LogP contribution in [0.15, 0.2) is 35.9 Å². The first-order valence-corrected chi connectivity index (χ1v) is 12.7. The third-order valence-electron chi connectivity index (χ3n) is 8.65. The van der Waals surface area contributed by atoms with Crippen molar-refractivity contribution in [3.05, 3.63) is 47.0 Å². The van der Waals surface area contributed by atoms with Gasteiger partial charge >= 0.3 is 5.97 Å². The number of esters is 1. The number of nitrogens with one attached hydrogen (secondary N) is 1. The molecule has 0 saturated heterocycles. The summed E-state index contributed by atoms with van der Waals surface area (Å²) in [6.07, 6.45) is 14.5. The summed E-state index contributed by atoms with van der Waals surface area (Å²) in [6, 6.07) is 8.95. The number of amides is 1. The van der Waals surface area contributed by atoms with Gasteiger partial charge < -0.3 is 10.1 Å². The van der Waals surface area contributed by atoms with Gasteiger partial charge in [-0.25, -0.2) is 0 Å². The number of hydrogen-bond donors (Lipinski definition) is 1. The lowest BCUT2D eigenvalue weighted by atomic mass is 9.43. The molecule has 0 aliphatic heterocycles. The van der Waals surface area contributed by atoms with Gasteiger partial charge in [-0.1, -0.05) is 41.5 Å². The average Bonchev–Trinajstić information content (AvgIpc) is 2.77. The van der Waals surface area contributed by atoms with Crippen molar-refractivity contribution in [3.8, 4) is 0 Å². The van der Waals surface area contributed by atoms with Gasteiger partial charge in [0.15, 0.2) is 6.61 Å². The van der Waals surface area contributed by atoms with Crippen LogP contribution in [0.3, 0.4) is 0 Å². The molecule has 1 N–H and O–H groups in total. The molecule has 2 unspecified atom stereocenters. The van der Waals surface area contributed by atoms with Crippen molar-refractivity contribution in [3.63, 3.8) is 0 Å². The van der Waals surface area contributed by atoms with E-state index in [9.17, 15) is 9.59 Å². The zero-order valence-electron chi connectivity index (χ0n) is 19.5. The summed E-state index contributed by atoms with van der Waals surface area (Å²) >= 11 is 0. The van der Waals surface area contributed by atoms with Gasteiger partial charge in [0, 0.05) is 6.54 Å². The van der Waals surface area contributed by atoms with E-state index in [1.165, 1.54) is 48.8 Å². The van der Waals surface area contributed by atoms with Crippen LogP contribution in [0.4, 0.5) is 0 Å². The molecule has 172 valence electrons. The molecule has 4 saturated carbocycles. The molecule has 0 spiro atoms. The molecular formula is C28H37NO3. The summed E-state index contributed by atoms with van der Waals surface area (Å²) < 4.78 is 5.67. The number of aryl methyl sites for hydroxylation is 1. The smallest absolute Gasteiger partial charge is 0.312 e. The highest BCUT2D eigenvalue weighted by Crippen LogP contribution is 2.66. The van der Waals surface area contributed by atoms with Crippen LogP contribution in [-0.4, -0.2) is 25.0 Å². The first-order chi connectivity index (χ1) is 15.5. The van der Waals surface area contributed by atoms with E-state index >= 15 is 0 Å². The second-order valence-electron chi connectivity index (χ2n) is 11.2. The lowest BCUT2D eigenvalue weighted by Crippen LogP contribution is -2.57. The standard InChI is InChI=1S/C28H37NO3/c1-20-7-9-24(10-8-20)27-14-22-13-23(15-27)17-28(16-22,19-27)26(31)32-18-25(30)29-12-11-21-5-3-2-4-6-21/h5,7-10,22-23H,2-4,6,11-19H2,1H3,(H,29,30)/t22-,23+,27?,28?. The summed E-state index contributed by atoms with van der Waals surface area (Å²) in [5, 5.41) is 2.94. The Balaban J connectivity index is 1.19. The van der Waals surface area contributed by atoms with Gasteiger partial charge in [-0.2, -0.15) is 0 Å². The van der Waals surface area contributed by atoms with Crippen molar-refractivity contribution in [1.29, 1.82) is 0 Å². The highest BCUT2D eigenvalue weighted by atomic mass is 16.5. The topological polar surface area (TPSA) is 55.4 Å². The van der Waals surface area contributed by atoms with Gasteiger partial charge in [0.1, 0.15) is 0 Å². The van der Waals surface area contributed by atoms with Gasteiger partial charge in [0.05, 0.1) is 5.41 Å². The second-order valence-corrected chi connectivity index (χ2v) is 11.2. The average molecular weight is 436 g/mol. The Bertz CT molecular complexity index is 886. The Morgan fingerprint density at radius 1 is 1.06 bits per heavy atom. The number of benzene rings is 1. The van der Waals surface area contributed by atoms with Gasteiger partial charge in [-0.15, -0.1) is 0 Å². The number of ether oxygens (including phenoxy) is 1. The number of allylic oxidation sites excluding steroid dienone is 1. The zero-order chi connectivity index (χ0) is 22.2. The van der Waals surface area contributed by atoms with Crippen LogP contribution in [0.5, 0.6) is 0 Å². The van der Waals surface area contributed by atoms with Crippen LogP contribution in [0, 0.1) is 24.2 Å². The zero-order valence-corrected chi connectivity index (χ0v) is 19.5. The van der Waals surface area contributed by atoms with Crippen molar-refractivity contribution in [2.75, 3.05) is 13.2 Å². The Morgan fingerprint density at radius 2 is 1.81 bits per heavy atom. The Labute approximate surface area is 192 Å². The number of hydrogen-bond acceptors (Lipinski definition) is 3. The van der Waals surface area contributed by atoms with E-state index in [0.29, 0.717) is 18.4 Å². The van der Waals surface area contributed by atoms with Gasteiger partial charge in [0.2, 0.25) is 0 Å². The summed E-state index contributed by atoms with van der Waals surface area (Å²) in [6.45, 7) is 2.61. The first-order valence-electron chi connectivity index (χ1n) is 12.7. The number of rotatable bonds is 7. The third kappa shape index (κ3) is 4.25. The van der Waals surface area contributed by atoms with Crippen molar-refractivity contribution >= 4 is 11.9 Å². The van der Waals surface area contributed by atoms with Crippen LogP contribution in [0.2, 0.25) is 0 Å². The highest BCUT2D eigenvalue weighted by Gasteiger charge is 2.61. The first kappa shape index (κ1) is 21.7. The molecule has 4 fully saturated rings. The highest BCUT2D eigenvalue weighted by molar-refractivity contribution is 5.83. The molecule has 5 aliphatic rings. The van der Waals surface area contributed by atoms with E-state index in [4.69, 9.17) is 4.74 Å². The molecule has 6 rings (SSSR count). The maximum atomic E-state index is 13.3. The largest absolute Gasteiger partial charge is 0.455 e. The van der Waals surface area contributed by atoms with E-state index in [1.807, 2.05) is 0 Å². The molecule has 4 nitrogen and oxygen atoms in total. The molecule has 1 amide bonds. The fraction of sp³-hybridized carbons (Fsp3) is 0.643. The van der Waals surface area contributed by atoms with Crippen molar-refractivity contribution in [1.82, 2.24) is 5.32 Å². The monoisotopic (exact) mass is 435 g/mol. The Morgan fingerprint density at radius 3 is 2.50 bits per heavy atom. The Kier molecular flexibility index (Phi) is 5.90. The molecule has 1 aromatic rings. The lowest BCUT2D eigenvalue weighted by molar-refractivity contribution is -0.175. The molecule has 4 bridgehead atoms. The molecule has 4 atom stereocenters. The number of carbonyl (C=O) groups is 2. The maximum absolute atomic E-state index is 13.3. The molecule has 0 radical (unpaired) electrons. The van der Waals surface area contributed by atoms with Gasteiger partial charge in [-0.05, 0) is 100 Å². The molecule has 5 aliphatic carbocycles. The van der Waals surface area contributed by atoms with Crippen LogP contribution < -0.4 is 5.32 Å². The number of carbonyl (C=O) groups excluding carboxylic acids is 2. The van der Waals surface area contributed by atoms with E-state index in [-0.39, 0.29) is 23.9 Å². The minimum atomic E-state index is -0.401. The third-order valence-corrected chi connectivity index (χ3v) is 8.65. The van der Waals surface area contributed by atoms with Crippen LogP contribution in [-0.2, 0) is 19.7 Å². The van der Waals surface area contributed by atoms with Gasteiger partial charge in [-0.3, -0.25) is 9.59 Å². The van der Waals surface area contributed by atoms with E-state index in [0.717, 1.165) is 38.5 Å². The predicted octanol–water partition coefficient (Wildman–Crippen LogP) is 5.38. The minimum Gasteiger partial charge on any atom is -0.455 e. The van der Waals surface area contributed by atoms with Crippen LogP contribution in [0.25, 0.3) is 0 Å². The fourth-order valence-electron chi connectivity index (χ4n) is 7.58. The molecule has 0 heterocycles. The molecule has 0 aromatic heterocycles. The maximum Gasteiger partial charge on any atom is 0.312 e. The fourth-order valence-corrected chi connectivity index (χ4v) is 7.58. The second kappa shape index (κ2) is 8.68. The lowest BCUT2D eigenvalue weighted by Gasteiger charge is -2.61. The molecule has 4 heteroatoms. The van der Waals surface area contributed by atoms with Crippen molar-refractivity contribution in [2.45, 2.75) is 83.0 Å².